The molecule has 0 heterocycles. The Bertz CT molecular complexity index is 1780. The standard InChI is InChI=1S/C42H45N3O6/c1-4-50-40(51-5-2)30(3)45(29-32-20-17-19-31-18-15-16-27-36(31)32)39(47)37(43-41(48)49)28-38(46)44-42(33-21-9-6-10-22-33,34-23-11-7-12-24-34)35-25-13-8-14-26-35/h6-27,30,37,40,43H,4-5,28-29H2,1-3H3,(H,44,46)(H,48,49)/t30-,37-/m0/s1. The molecule has 0 fully saturated rings. The number of carbonyl (C=O) groups is 3. The first kappa shape index (κ1) is 36.8. The lowest BCUT2D eigenvalue weighted by molar-refractivity contribution is -0.179. The summed E-state index contributed by atoms with van der Waals surface area (Å²) in [6.07, 6.45) is -2.68. The Hall–Kier alpha value is -5.51. The smallest absolute Gasteiger partial charge is 0.405 e. The third-order valence-electron chi connectivity index (χ3n) is 8.98. The number of carbonyl (C=O) groups excluding carboxylic acids is 2. The Kier molecular flexibility index (Phi) is 12.6. The molecule has 3 amide bonds. The van der Waals surface area contributed by atoms with Gasteiger partial charge in [0.25, 0.3) is 0 Å². The monoisotopic (exact) mass is 687 g/mol. The summed E-state index contributed by atoms with van der Waals surface area (Å²) in [5.41, 5.74) is 2.10. The third-order valence-corrected chi connectivity index (χ3v) is 8.98. The van der Waals surface area contributed by atoms with Gasteiger partial charge in [-0.25, -0.2) is 4.79 Å². The lowest BCUT2D eigenvalue weighted by Gasteiger charge is -2.38. The van der Waals surface area contributed by atoms with Gasteiger partial charge in [-0.1, -0.05) is 133 Å². The maximum absolute atomic E-state index is 14.7. The molecule has 5 rings (SSSR count). The second-order valence-corrected chi connectivity index (χ2v) is 12.2. The normalized spacial score (nSPS) is 12.6. The minimum absolute atomic E-state index is 0.124. The predicted molar refractivity (Wildman–Crippen MR) is 198 cm³/mol. The van der Waals surface area contributed by atoms with Crippen LogP contribution in [0.5, 0.6) is 0 Å². The Labute approximate surface area is 299 Å². The van der Waals surface area contributed by atoms with E-state index in [1.807, 2.05) is 154 Å². The van der Waals surface area contributed by atoms with Gasteiger partial charge in [-0.05, 0) is 53.8 Å². The first-order valence-electron chi connectivity index (χ1n) is 17.3. The lowest BCUT2D eigenvalue weighted by Crippen LogP contribution is -2.56. The first-order valence-corrected chi connectivity index (χ1v) is 17.3. The predicted octanol–water partition coefficient (Wildman–Crippen LogP) is 7.09. The highest BCUT2D eigenvalue weighted by Crippen LogP contribution is 2.37. The SMILES string of the molecule is CCOC(OCC)[C@H](C)N(Cc1cccc2ccccc12)C(=O)[C@H](CC(=O)NC(c1ccccc1)(c1ccccc1)c1ccccc1)NC(=O)O. The van der Waals surface area contributed by atoms with Gasteiger partial charge >= 0.3 is 6.09 Å². The van der Waals surface area contributed by atoms with Gasteiger partial charge in [0.1, 0.15) is 11.6 Å². The summed E-state index contributed by atoms with van der Waals surface area (Å²) in [5.74, 6) is -1.11. The van der Waals surface area contributed by atoms with E-state index in [0.29, 0.717) is 13.2 Å². The maximum Gasteiger partial charge on any atom is 0.405 e. The fourth-order valence-corrected chi connectivity index (χ4v) is 6.61. The molecule has 0 saturated carbocycles. The van der Waals surface area contributed by atoms with Gasteiger partial charge in [0.15, 0.2) is 6.29 Å². The van der Waals surface area contributed by atoms with Crippen molar-refractivity contribution in [3.63, 3.8) is 0 Å². The molecular formula is C42H45N3O6. The van der Waals surface area contributed by atoms with E-state index >= 15 is 0 Å². The molecule has 3 N–H and O–H groups in total. The number of ether oxygens (including phenoxy) is 2. The molecular weight excluding hydrogens is 642 g/mol. The molecule has 0 radical (unpaired) electrons. The number of hydrogen-bond acceptors (Lipinski definition) is 5. The van der Waals surface area contributed by atoms with Crippen LogP contribution in [0.25, 0.3) is 10.8 Å². The number of hydrogen-bond donors (Lipinski definition) is 3. The number of nitrogens with one attached hydrogen (secondary N) is 2. The fourth-order valence-electron chi connectivity index (χ4n) is 6.61. The fraction of sp³-hybridized carbons (Fsp3) is 0.262. The third kappa shape index (κ3) is 8.63. The summed E-state index contributed by atoms with van der Waals surface area (Å²) in [6.45, 7) is 6.29. The van der Waals surface area contributed by atoms with E-state index in [4.69, 9.17) is 9.47 Å². The highest BCUT2D eigenvalue weighted by atomic mass is 16.7. The van der Waals surface area contributed by atoms with Crippen LogP contribution in [0.15, 0.2) is 133 Å². The zero-order chi connectivity index (χ0) is 36.2. The van der Waals surface area contributed by atoms with Crippen molar-refractivity contribution < 1.29 is 29.0 Å². The van der Waals surface area contributed by atoms with Gasteiger partial charge in [-0.15, -0.1) is 0 Å². The average Bonchev–Trinajstić information content (AvgIpc) is 3.16. The lowest BCUT2D eigenvalue weighted by atomic mass is 9.77. The van der Waals surface area contributed by atoms with E-state index in [9.17, 15) is 19.5 Å². The second kappa shape index (κ2) is 17.4. The summed E-state index contributed by atoms with van der Waals surface area (Å²) in [7, 11) is 0. The van der Waals surface area contributed by atoms with Crippen molar-refractivity contribution >= 4 is 28.7 Å². The van der Waals surface area contributed by atoms with E-state index in [0.717, 1.165) is 33.0 Å². The minimum atomic E-state index is -1.43. The molecule has 264 valence electrons. The average molecular weight is 688 g/mol. The summed E-state index contributed by atoms with van der Waals surface area (Å²) in [5, 5.41) is 17.5. The summed E-state index contributed by atoms with van der Waals surface area (Å²) in [4.78, 5) is 42.9. The summed E-state index contributed by atoms with van der Waals surface area (Å²) >= 11 is 0. The zero-order valence-corrected chi connectivity index (χ0v) is 29.2. The van der Waals surface area contributed by atoms with E-state index in [-0.39, 0.29) is 6.54 Å². The molecule has 0 unspecified atom stereocenters. The van der Waals surface area contributed by atoms with Gasteiger partial charge in [0.2, 0.25) is 11.8 Å². The number of carboxylic acid groups (broad SMARTS) is 1. The maximum atomic E-state index is 14.7. The zero-order valence-electron chi connectivity index (χ0n) is 29.2. The van der Waals surface area contributed by atoms with Gasteiger partial charge in [-0.2, -0.15) is 0 Å². The Morgan fingerprint density at radius 1 is 0.706 bits per heavy atom. The second-order valence-electron chi connectivity index (χ2n) is 12.2. The molecule has 0 bridgehead atoms. The molecule has 0 spiro atoms. The Morgan fingerprint density at radius 3 is 1.71 bits per heavy atom. The Balaban J connectivity index is 1.55. The first-order chi connectivity index (χ1) is 24.8. The van der Waals surface area contributed by atoms with Crippen molar-refractivity contribution in [3.8, 4) is 0 Å². The van der Waals surface area contributed by atoms with Crippen molar-refractivity contribution in [1.29, 1.82) is 0 Å². The molecule has 9 heteroatoms. The van der Waals surface area contributed by atoms with Crippen LogP contribution >= 0.6 is 0 Å². The molecule has 0 saturated heterocycles. The van der Waals surface area contributed by atoms with Crippen molar-refractivity contribution in [1.82, 2.24) is 15.5 Å². The van der Waals surface area contributed by atoms with Gasteiger partial charge in [0, 0.05) is 19.8 Å². The number of nitrogens with zero attached hydrogens (tertiary/aromatic N) is 1. The quantitative estimate of drug-likeness (QED) is 0.0754. The number of amides is 3. The molecule has 0 aliphatic heterocycles. The van der Waals surface area contributed by atoms with E-state index < -0.39 is 48.2 Å². The largest absolute Gasteiger partial charge is 0.465 e. The van der Waals surface area contributed by atoms with Crippen molar-refractivity contribution in [3.05, 3.63) is 156 Å². The highest BCUT2D eigenvalue weighted by molar-refractivity contribution is 5.92. The Morgan fingerprint density at radius 2 is 1.20 bits per heavy atom. The molecule has 5 aromatic carbocycles. The summed E-state index contributed by atoms with van der Waals surface area (Å²) < 4.78 is 11.8. The molecule has 5 aromatic rings. The number of rotatable bonds is 16. The van der Waals surface area contributed by atoms with Crippen molar-refractivity contribution in [2.24, 2.45) is 0 Å². The van der Waals surface area contributed by atoms with E-state index in [1.54, 1.807) is 4.90 Å². The van der Waals surface area contributed by atoms with Crippen molar-refractivity contribution in [2.45, 2.75) is 57.6 Å². The molecule has 9 nitrogen and oxygen atoms in total. The van der Waals surface area contributed by atoms with Crippen molar-refractivity contribution in [2.75, 3.05) is 13.2 Å². The molecule has 51 heavy (non-hydrogen) atoms. The van der Waals surface area contributed by atoms with E-state index in [2.05, 4.69) is 10.6 Å². The molecule has 0 aliphatic rings. The highest BCUT2D eigenvalue weighted by Gasteiger charge is 2.40. The van der Waals surface area contributed by atoms with Crippen LogP contribution < -0.4 is 10.6 Å². The van der Waals surface area contributed by atoms with Crippen LogP contribution in [0.4, 0.5) is 4.79 Å². The van der Waals surface area contributed by atoms with Crippen LogP contribution in [-0.2, 0) is 31.1 Å². The van der Waals surface area contributed by atoms with Crippen LogP contribution in [0.3, 0.4) is 0 Å². The number of fused-ring (bicyclic) bond motifs is 1. The van der Waals surface area contributed by atoms with Crippen LogP contribution in [-0.4, -0.2) is 59.5 Å². The van der Waals surface area contributed by atoms with Crippen LogP contribution in [0.2, 0.25) is 0 Å². The minimum Gasteiger partial charge on any atom is -0.465 e. The molecule has 2 atom stereocenters. The summed E-state index contributed by atoms with van der Waals surface area (Å²) in [6, 6.07) is 40.4. The molecule has 0 aliphatic carbocycles. The van der Waals surface area contributed by atoms with Crippen LogP contribution in [0, 0.1) is 0 Å². The van der Waals surface area contributed by atoms with Gasteiger partial charge < -0.3 is 30.1 Å². The topological polar surface area (TPSA) is 117 Å². The van der Waals surface area contributed by atoms with E-state index in [1.165, 1.54) is 0 Å². The number of benzene rings is 5. The van der Waals surface area contributed by atoms with Gasteiger partial charge in [-0.3, -0.25) is 9.59 Å². The van der Waals surface area contributed by atoms with Gasteiger partial charge in [0.05, 0.1) is 12.5 Å². The van der Waals surface area contributed by atoms with Crippen LogP contribution in [0.1, 0.15) is 49.4 Å². The molecule has 0 aromatic heterocycles.